The quantitative estimate of drug-likeness (QED) is 0.520. The first-order valence-corrected chi connectivity index (χ1v) is 3.42. The molecule has 0 spiro atoms. The van der Waals surface area contributed by atoms with Crippen LogP contribution in [-0.4, -0.2) is 0 Å². The van der Waals surface area contributed by atoms with E-state index in [4.69, 9.17) is 11.0 Å². The highest BCUT2D eigenvalue weighted by Crippen LogP contribution is 2.33. The second-order valence-electron chi connectivity index (χ2n) is 2.53. The van der Waals surface area contributed by atoms with E-state index in [1.807, 2.05) is 0 Å². The van der Waals surface area contributed by atoms with Gasteiger partial charge in [-0.3, -0.25) is 0 Å². The molecule has 0 aliphatic heterocycles. The maximum atomic E-state index is 12.8. The molecular formula is C8H4F4N2. The molecule has 0 unspecified atom stereocenters. The Morgan fingerprint density at radius 1 is 1.29 bits per heavy atom. The van der Waals surface area contributed by atoms with Crippen LogP contribution in [0, 0.1) is 17.1 Å². The van der Waals surface area contributed by atoms with Crippen LogP contribution in [0.3, 0.4) is 0 Å². The summed E-state index contributed by atoms with van der Waals surface area (Å²) in [6.07, 6.45) is -4.80. The largest absolute Gasteiger partial charge is 0.419 e. The predicted octanol–water partition coefficient (Wildman–Crippen LogP) is 2.30. The van der Waals surface area contributed by atoms with E-state index in [-0.39, 0.29) is 11.3 Å². The first kappa shape index (κ1) is 10.3. The average molecular weight is 204 g/mol. The van der Waals surface area contributed by atoms with Crippen molar-refractivity contribution in [1.82, 2.24) is 0 Å². The Kier molecular flexibility index (Phi) is 2.34. The van der Waals surface area contributed by atoms with Crippen molar-refractivity contribution in [2.75, 3.05) is 5.73 Å². The molecule has 0 aliphatic carbocycles. The summed E-state index contributed by atoms with van der Waals surface area (Å²) >= 11 is 0. The molecule has 0 fully saturated rings. The van der Waals surface area contributed by atoms with E-state index >= 15 is 0 Å². The van der Waals surface area contributed by atoms with Gasteiger partial charge in [0.1, 0.15) is 11.9 Å². The fourth-order valence-corrected chi connectivity index (χ4v) is 0.904. The number of alkyl halides is 3. The highest BCUT2D eigenvalue weighted by atomic mass is 19.4. The lowest BCUT2D eigenvalue weighted by atomic mass is 10.1. The molecule has 14 heavy (non-hydrogen) atoms. The summed E-state index contributed by atoms with van der Waals surface area (Å²) in [5.41, 5.74) is 2.95. The summed E-state index contributed by atoms with van der Waals surface area (Å²) < 4.78 is 49.0. The van der Waals surface area contributed by atoms with E-state index < -0.39 is 17.6 Å². The Hall–Kier alpha value is -1.77. The lowest BCUT2D eigenvalue weighted by Crippen LogP contribution is -2.09. The van der Waals surface area contributed by atoms with Gasteiger partial charge in [-0.25, -0.2) is 4.39 Å². The monoisotopic (exact) mass is 204 g/mol. The van der Waals surface area contributed by atoms with Crippen molar-refractivity contribution in [1.29, 1.82) is 5.26 Å². The first-order chi connectivity index (χ1) is 6.36. The Balaban J connectivity index is 3.38. The van der Waals surface area contributed by atoms with Gasteiger partial charge in [-0.1, -0.05) is 0 Å². The molecule has 2 nitrogen and oxygen atoms in total. The van der Waals surface area contributed by atoms with Gasteiger partial charge in [0.05, 0.1) is 16.8 Å². The summed E-state index contributed by atoms with van der Waals surface area (Å²) in [4.78, 5) is 0. The number of hydrogen-bond donors (Lipinski definition) is 1. The number of nitriles is 1. The van der Waals surface area contributed by atoms with Crippen LogP contribution in [-0.2, 0) is 6.18 Å². The molecule has 0 radical (unpaired) electrons. The third kappa shape index (κ3) is 1.76. The van der Waals surface area contributed by atoms with Gasteiger partial charge in [0.2, 0.25) is 0 Å². The van der Waals surface area contributed by atoms with Crippen LogP contribution >= 0.6 is 0 Å². The summed E-state index contributed by atoms with van der Waals surface area (Å²) in [5.74, 6) is -1.50. The number of nitrogens with zero attached hydrogens (tertiary/aromatic N) is 1. The van der Waals surface area contributed by atoms with Gasteiger partial charge >= 0.3 is 6.18 Å². The fourth-order valence-electron chi connectivity index (χ4n) is 0.904. The molecule has 1 rings (SSSR count). The number of rotatable bonds is 0. The van der Waals surface area contributed by atoms with Crippen molar-refractivity contribution in [3.05, 3.63) is 29.1 Å². The van der Waals surface area contributed by atoms with Gasteiger partial charge in [0.25, 0.3) is 0 Å². The van der Waals surface area contributed by atoms with Crippen molar-refractivity contribution in [2.24, 2.45) is 0 Å². The zero-order valence-corrected chi connectivity index (χ0v) is 6.69. The standard InChI is InChI=1S/C8H4F4N2/c9-6-1-4(3-13)7(14)2-5(6)8(10,11)12/h1-2H,14H2. The van der Waals surface area contributed by atoms with E-state index in [0.717, 1.165) is 0 Å². The maximum Gasteiger partial charge on any atom is 0.419 e. The Labute approximate surface area is 76.6 Å². The molecule has 2 N–H and O–H groups in total. The fraction of sp³-hybridized carbons (Fsp3) is 0.125. The lowest BCUT2D eigenvalue weighted by Gasteiger charge is -2.09. The minimum Gasteiger partial charge on any atom is -0.398 e. The Morgan fingerprint density at radius 2 is 1.86 bits per heavy atom. The third-order valence-electron chi connectivity index (χ3n) is 1.57. The second-order valence-corrected chi connectivity index (χ2v) is 2.53. The zero-order valence-electron chi connectivity index (χ0n) is 6.69. The van der Waals surface area contributed by atoms with Crippen LogP contribution in [0.4, 0.5) is 23.2 Å². The molecule has 0 bridgehead atoms. The van der Waals surface area contributed by atoms with Crippen LogP contribution in [0.25, 0.3) is 0 Å². The van der Waals surface area contributed by atoms with E-state index in [1.165, 1.54) is 6.07 Å². The molecule has 0 saturated carbocycles. The topological polar surface area (TPSA) is 49.8 Å². The number of nitrogen functional groups attached to an aromatic ring is 1. The van der Waals surface area contributed by atoms with Crippen molar-refractivity contribution in [3.8, 4) is 6.07 Å². The minimum absolute atomic E-state index is 0.310. The zero-order chi connectivity index (χ0) is 10.9. The molecule has 0 heterocycles. The van der Waals surface area contributed by atoms with Gasteiger partial charge in [-0.05, 0) is 12.1 Å². The summed E-state index contributed by atoms with van der Waals surface area (Å²) in [5, 5.41) is 8.36. The Bertz CT molecular complexity index is 403. The molecule has 74 valence electrons. The van der Waals surface area contributed by atoms with Crippen LogP contribution in [0.15, 0.2) is 12.1 Å². The van der Waals surface area contributed by atoms with Gasteiger partial charge in [0, 0.05) is 0 Å². The van der Waals surface area contributed by atoms with Gasteiger partial charge < -0.3 is 5.73 Å². The molecule has 0 atom stereocenters. The van der Waals surface area contributed by atoms with Crippen LogP contribution < -0.4 is 5.73 Å². The second kappa shape index (κ2) is 3.18. The predicted molar refractivity (Wildman–Crippen MR) is 40.5 cm³/mol. The van der Waals surface area contributed by atoms with E-state index in [9.17, 15) is 17.6 Å². The molecule has 0 amide bonds. The molecular weight excluding hydrogens is 200 g/mol. The van der Waals surface area contributed by atoms with Gasteiger partial charge in [-0.2, -0.15) is 18.4 Å². The van der Waals surface area contributed by atoms with E-state index in [0.29, 0.717) is 12.1 Å². The van der Waals surface area contributed by atoms with E-state index in [1.54, 1.807) is 0 Å². The number of halogens is 4. The Morgan fingerprint density at radius 3 is 2.29 bits per heavy atom. The number of nitrogens with two attached hydrogens (primary N) is 1. The van der Waals surface area contributed by atoms with Crippen LogP contribution in [0.2, 0.25) is 0 Å². The first-order valence-electron chi connectivity index (χ1n) is 3.42. The average Bonchev–Trinajstić information content (AvgIpc) is 2.06. The van der Waals surface area contributed by atoms with E-state index in [2.05, 4.69) is 0 Å². The summed E-state index contributed by atoms with van der Waals surface area (Å²) in [6.45, 7) is 0. The van der Waals surface area contributed by atoms with Crippen LogP contribution in [0.5, 0.6) is 0 Å². The molecule has 1 aromatic rings. The highest BCUT2D eigenvalue weighted by Gasteiger charge is 2.34. The summed E-state index contributed by atoms with van der Waals surface area (Å²) in [6, 6.07) is 2.36. The SMILES string of the molecule is N#Cc1cc(F)c(C(F)(F)F)cc1N. The molecule has 6 heteroatoms. The number of anilines is 1. The number of hydrogen-bond acceptors (Lipinski definition) is 2. The van der Waals surface area contributed by atoms with Crippen LogP contribution in [0.1, 0.15) is 11.1 Å². The van der Waals surface area contributed by atoms with Gasteiger partial charge in [0.15, 0.2) is 0 Å². The van der Waals surface area contributed by atoms with Crippen molar-refractivity contribution in [2.45, 2.75) is 6.18 Å². The van der Waals surface area contributed by atoms with Gasteiger partial charge in [-0.15, -0.1) is 0 Å². The van der Waals surface area contributed by atoms with Crippen molar-refractivity contribution < 1.29 is 17.6 Å². The maximum absolute atomic E-state index is 12.8. The lowest BCUT2D eigenvalue weighted by molar-refractivity contribution is -0.139. The number of benzene rings is 1. The smallest absolute Gasteiger partial charge is 0.398 e. The molecule has 0 aliphatic rings. The molecule has 0 aromatic heterocycles. The van der Waals surface area contributed by atoms with Crippen molar-refractivity contribution in [3.63, 3.8) is 0 Å². The molecule has 1 aromatic carbocycles. The highest BCUT2D eigenvalue weighted by molar-refractivity contribution is 5.56. The summed E-state index contributed by atoms with van der Waals surface area (Å²) in [7, 11) is 0. The van der Waals surface area contributed by atoms with Crippen molar-refractivity contribution >= 4 is 5.69 Å². The normalized spacial score (nSPS) is 11.1. The minimum atomic E-state index is -4.80. The molecule has 0 saturated heterocycles. The third-order valence-corrected chi connectivity index (χ3v) is 1.57.